The Morgan fingerprint density at radius 1 is 1.45 bits per heavy atom. The van der Waals surface area contributed by atoms with Crippen LogP contribution in [0.3, 0.4) is 0 Å². The van der Waals surface area contributed by atoms with E-state index in [1.165, 1.54) is 10.6 Å². The molecule has 0 aromatic heterocycles. The number of rotatable bonds is 5. The van der Waals surface area contributed by atoms with Crippen LogP contribution >= 0.6 is 0 Å². The summed E-state index contributed by atoms with van der Waals surface area (Å²) in [6, 6.07) is 5.58. The molecule has 1 aromatic carbocycles. The third-order valence-corrected chi connectivity index (χ3v) is 5.09. The Hall–Kier alpha value is -1.60. The number of carbonyl (C=O) groups is 1. The van der Waals surface area contributed by atoms with Crippen LogP contribution in [-0.4, -0.2) is 45.1 Å². The maximum atomic E-state index is 12.2. The Kier molecular flexibility index (Phi) is 5.08. The first-order valence-electron chi connectivity index (χ1n) is 7.19. The van der Waals surface area contributed by atoms with E-state index in [1.807, 2.05) is 25.1 Å². The highest BCUT2D eigenvalue weighted by Crippen LogP contribution is 2.27. The van der Waals surface area contributed by atoms with Crippen molar-refractivity contribution in [3.63, 3.8) is 0 Å². The summed E-state index contributed by atoms with van der Waals surface area (Å²) >= 11 is 0. The van der Waals surface area contributed by atoms with Gasteiger partial charge in [0.25, 0.3) is 0 Å². The van der Waals surface area contributed by atoms with Gasteiger partial charge in [-0.25, -0.2) is 12.7 Å². The van der Waals surface area contributed by atoms with E-state index in [0.717, 1.165) is 5.56 Å². The maximum absolute atomic E-state index is 12.2. The van der Waals surface area contributed by atoms with E-state index in [0.29, 0.717) is 37.4 Å². The second-order valence-corrected chi connectivity index (χ2v) is 7.71. The van der Waals surface area contributed by atoms with Gasteiger partial charge < -0.3 is 10.1 Å². The molecule has 0 radical (unpaired) electrons. The molecule has 1 amide bonds. The van der Waals surface area contributed by atoms with Gasteiger partial charge in [-0.15, -0.1) is 0 Å². The second-order valence-electron chi connectivity index (χ2n) is 5.73. The fraction of sp³-hybridized carbons (Fsp3) is 0.533. The number of amides is 1. The van der Waals surface area contributed by atoms with Gasteiger partial charge >= 0.3 is 0 Å². The van der Waals surface area contributed by atoms with Crippen molar-refractivity contribution in [2.24, 2.45) is 5.92 Å². The molecule has 0 bridgehead atoms. The molecule has 1 aromatic rings. The van der Waals surface area contributed by atoms with Gasteiger partial charge in [-0.2, -0.15) is 0 Å². The van der Waals surface area contributed by atoms with Crippen LogP contribution in [0.15, 0.2) is 18.2 Å². The summed E-state index contributed by atoms with van der Waals surface area (Å²) in [7, 11) is -1.61. The number of sulfonamides is 1. The summed E-state index contributed by atoms with van der Waals surface area (Å²) in [5, 5.41) is 2.85. The van der Waals surface area contributed by atoms with Crippen molar-refractivity contribution in [3.05, 3.63) is 23.8 Å². The number of nitrogens with zero attached hydrogens (tertiary/aromatic N) is 1. The monoisotopic (exact) mass is 326 g/mol. The number of nitrogens with one attached hydrogen (secondary N) is 1. The lowest BCUT2D eigenvalue weighted by atomic mass is 10.0. The third kappa shape index (κ3) is 4.20. The van der Waals surface area contributed by atoms with Gasteiger partial charge in [0.2, 0.25) is 15.9 Å². The van der Waals surface area contributed by atoms with Crippen LogP contribution in [-0.2, 0) is 14.8 Å². The molecule has 1 saturated heterocycles. The average Bonchev–Trinajstić information content (AvgIpc) is 2.87. The third-order valence-electron chi connectivity index (χ3n) is 3.82. The largest absolute Gasteiger partial charge is 0.495 e. The number of ether oxygens (including phenoxy) is 1. The molecular weight excluding hydrogens is 304 g/mol. The average molecular weight is 326 g/mol. The molecule has 1 aliphatic heterocycles. The lowest BCUT2D eigenvalue weighted by molar-refractivity contribution is -0.117. The topological polar surface area (TPSA) is 75.7 Å². The first-order valence-corrected chi connectivity index (χ1v) is 9.04. The van der Waals surface area contributed by atoms with Gasteiger partial charge in [0.05, 0.1) is 19.1 Å². The van der Waals surface area contributed by atoms with E-state index in [2.05, 4.69) is 5.32 Å². The van der Waals surface area contributed by atoms with Crippen LogP contribution < -0.4 is 10.1 Å². The molecule has 1 fully saturated rings. The first kappa shape index (κ1) is 16.8. The van der Waals surface area contributed by atoms with E-state index in [-0.39, 0.29) is 11.8 Å². The molecule has 1 atom stereocenters. The fourth-order valence-corrected chi connectivity index (χ4v) is 3.57. The van der Waals surface area contributed by atoms with Crippen LogP contribution in [0.25, 0.3) is 0 Å². The lowest BCUT2D eigenvalue weighted by Gasteiger charge is -2.14. The summed E-state index contributed by atoms with van der Waals surface area (Å²) in [5.41, 5.74) is 1.67. The summed E-state index contributed by atoms with van der Waals surface area (Å²) < 4.78 is 29.6. The van der Waals surface area contributed by atoms with Crippen molar-refractivity contribution in [3.8, 4) is 5.75 Å². The highest BCUT2D eigenvalue weighted by molar-refractivity contribution is 7.88. The van der Waals surface area contributed by atoms with Crippen LogP contribution in [0.1, 0.15) is 18.4 Å². The molecule has 1 heterocycles. The molecule has 0 spiro atoms. The standard InChI is InChI=1S/C15H22N2O4S/c1-11-4-5-14(21-2)13(8-11)16-15(18)9-12-6-7-17(10-12)22(3,19)20/h4-5,8,12H,6-7,9-10H2,1-3H3,(H,16,18)/t12-/m1/s1. The molecule has 6 nitrogen and oxygen atoms in total. The quantitative estimate of drug-likeness (QED) is 0.892. The van der Waals surface area contributed by atoms with E-state index < -0.39 is 10.0 Å². The number of carbonyl (C=O) groups excluding carboxylic acids is 1. The first-order chi connectivity index (χ1) is 10.3. The Morgan fingerprint density at radius 3 is 2.77 bits per heavy atom. The molecule has 22 heavy (non-hydrogen) atoms. The fourth-order valence-electron chi connectivity index (χ4n) is 2.65. The van der Waals surface area contributed by atoms with E-state index in [1.54, 1.807) is 7.11 Å². The number of anilines is 1. The van der Waals surface area contributed by atoms with Crippen molar-refractivity contribution >= 4 is 21.6 Å². The van der Waals surface area contributed by atoms with Gasteiger partial charge in [0.15, 0.2) is 0 Å². The van der Waals surface area contributed by atoms with Gasteiger partial charge in [0, 0.05) is 19.5 Å². The zero-order chi connectivity index (χ0) is 16.3. The minimum Gasteiger partial charge on any atom is -0.495 e. The van der Waals surface area contributed by atoms with Gasteiger partial charge in [0.1, 0.15) is 5.75 Å². The minimum atomic E-state index is -3.16. The molecule has 122 valence electrons. The smallest absolute Gasteiger partial charge is 0.224 e. The van der Waals surface area contributed by atoms with Crippen molar-refractivity contribution in [1.82, 2.24) is 4.31 Å². The van der Waals surface area contributed by atoms with Gasteiger partial charge in [-0.05, 0) is 37.0 Å². The van der Waals surface area contributed by atoms with Crippen molar-refractivity contribution in [2.75, 3.05) is 31.8 Å². The molecule has 0 unspecified atom stereocenters. The number of methoxy groups -OCH3 is 1. The molecular formula is C15H22N2O4S. The maximum Gasteiger partial charge on any atom is 0.224 e. The predicted molar refractivity (Wildman–Crippen MR) is 85.5 cm³/mol. The highest BCUT2D eigenvalue weighted by atomic mass is 32.2. The van der Waals surface area contributed by atoms with Gasteiger partial charge in [-0.3, -0.25) is 4.79 Å². The molecule has 0 saturated carbocycles. The van der Waals surface area contributed by atoms with E-state index in [9.17, 15) is 13.2 Å². The highest BCUT2D eigenvalue weighted by Gasteiger charge is 2.29. The Morgan fingerprint density at radius 2 is 2.18 bits per heavy atom. The predicted octanol–water partition coefficient (Wildman–Crippen LogP) is 1.61. The summed E-state index contributed by atoms with van der Waals surface area (Å²) in [4.78, 5) is 12.2. The van der Waals surface area contributed by atoms with Crippen molar-refractivity contribution < 1.29 is 17.9 Å². The normalized spacial score (nSPS) is 19.1. The minimum absolute atomic E-state index is 0.0607. The van der Waals surface area contributed by atoms with Gasteiger partial charge in [-0.1, -0.05) is 6.07 Å². The second kappa shape index (κ2) is 6.66. The van der Waals surface area contributed by atoms with Crippen LogP contribution in [0, 0.1) is 12.8 Å². The molecule has 1 aliphatic rings. The molecule has 2 rings (SSSR count). The Labute approximate surface area is 131 Å². The van der Waals surface area contributed by atoms with Crippen molar-refractivity contribution in [1.29, 1.82) is 0 Å². The number of hydrogen-bond acceptors (Lipinski definition) is 4. The zero-order valence-electron chi connectivity index (χ0n) is 13.1. The van der Waals surface area contributed by atoms with Crippen LogP contribution in [0.4, 0.5) is 5.69 Å². The van der Waals surface area contributed by atoms with E-state index in [4.69, 9.17) is 4.74 Å². The van der Waals surface area contributed by atoms with Crippen LogP contribution in [0.2, 0.25) is 0 Å². The number of aryl methyl sites for hydroxylation is 1. The molecule has 0 aliphatic carbocycles. The number of hydrogen-bond donors (Lipinski definition) is 1. The zero-order valence-corrected chi connectivity index (χ0v) is 13.9. The summed E-state index contributed by atoms with van der Waals surface area (Å²) in [6.45, 7) is 2.85. The summed E-state index contributed by atoms with van der Waals surface area (Å²) in [5.74, 6) is 0.554. The molecule has 1 N–H and O–H groups in total. The lowest BCUT2D eigenvalue weighted by Crippen LogP contribution is -2.28. The Bertz CT molecular complexity index is 658. The Balaban J connectivity index is 1.96. The number of benzene rings is 1. The van der Waals surface area contributed by atoms with Crippen LogP contribution in [0.5, 0.6) is 5.75 Å². The molecule has 7 heteroatoms. The SMILES string of the molecule is COc1ccc(C)cc1NC(=O)C[C@H]1CCN(S(C)(=O)=O)C1. The van der Waals surface area contributed by atoms with Crippen molar-refractivity contribution in [2.45, 2.75) is 19.8 Å². The van der Waals surface area contributed by atoms with E-state index >= 15 is 0 Å². The summed E-state index contributed by atoms with van der Waals surface area (Å²) in [6.07, 6.45) is 2.22.